The molecule has 0 bridgehead atoms. The molecule has 5 heteroatoms. The van der Waals surface area contributed by atoms with Gasteiger partial charge >= 0.3 is 6.03 Å². The molecule has 98 valence electrons. The van der Waals surface area contributed by atoms with E-state index < -0.39 is 0 Å². The molecule has 0 aliphatic heterocycles. The quantitative estimate of drug-likeness (QED) is 0.809. The van der Waals surface area contributed by atoms with Crippen molar-refractivity contribution < 1.29 is 4.79 Å². The van der Waals surface area contributed by atoms with E-state index in [0.717, 1.165) is 5.56 Å². The van der Waals surface area contributed by atoms with E-state index in [2.05, 4.69) is 10.6 Å². The van der Waals surface area contributed by atoms with Gasteiger partial charge < -0.3 is 10.6 Å². The van der Waals surface area contributed by atoms with Gasteiger partial charge in [0.15, 0.2) is 0 Å². The maximum Gasteiger partial charge on any atom is 0.323 e. The Labute approximate surface area is 121 Å². The van der Waals surface area contributed by atoms with Crippen molar-refractivity contribution in [2.24, 2.45) is 0 Å². The summed E-state index contributed by atoms with van der Waals surface area (Å²) in [6.45, 7) is 1.88. The van der Waals surface area contributed by atoms with Crippen LogP contribution in [0.1, 0.15) is 5.56 Å². The lowest BCUT2D eigenvalue weighted by atomic mass is 10.2. The smallest absolute Gasteiger partial charge is 0.308 e. The van der Waals surface area contributed by atoms with Crippen LogP contribution in [0, 0.1) is 6.92 Å². The third-order valence-corrected chi connectivity index (χ3v) is 3.13. The highest BCUT2D eigenvalue weighted by Crippen LogP contribution is 2.25. The van der Waals surface area contributed by atoms with Gasteiger partial charge in [0.2, 0.25) is 0 Å². The number of benzene rings is 2. The Kier molecular flexibility index (Phi) is 4.30. The van der Waals surface area contributed by atoms with Crippen molar-refractivity contribution >= 4 is 40.6 Å². The third-order valence-electron chi connectivity index (χ3n) is 2.56. The number of carbonyl (C=O) groups is 1. The second-order valence-electron chi connectivity index (χ2n) is 4.02. The highest BCUT2D eigenvalue weighted by atomic mass is 35.5. The van der Waals surface area contributed by atoms with Gasteiger partial charge in [-0.2, -0.15) is 0 Å². The molecule has 2 aromatic rings. The van der Waals surface area contributed by atoms with E-state index in [0.29, 0.717) is 21.4 Å². The summed E-state index contributed by atoms with van der Waals surface area (Å²) in [4.78, 5) is 11.9. The molecule has 19 heavy (non-hydrogen) atoms. The third kappa shape index (κ3) is 3.63. The predicted octanol–water partition coefficient (Wildman–Crippen LogP) is 4.95. The molecule has 2 amide bonds. The van der Waals surface area contributed by atoms with Crippen molar-refractivity contribution in [2.75, 3.05) is 10.6 Å². The van der Waals surface area contributed by atoms with Gasteiger partial charge in [-0.15, -0.1) is 0 Å². The fourth-order valence-electron chi connectivity index (χ4n) is 1.60. The van der Waals surface area contributed by atoms with Crippen LogP contribution in [0.4, 0.5) is 16.2 Å². The van der Waals surface area contributed by atoms with Gasteiger partial charge in [-0.05, 0) is 42.8 Å². The summed E-state index contributed by atoms with van der Waals surface area (Å²) in [5, 5.41) is 6.56. The zero-order valence-corrected chi connectivity index (χ0v) is 11.7. The fourth-order valence-corrected chi connectivity index (χ4v) is 1.99. The standard InChI is InChI=1S/C14H12Cl2N2O/c1-9-3-2-4-12(16)13(9)18-14(19)17-11-7-5-10(15)6-8-11/h2-8H,1H3,(H2,17,18,19). The molecular formula is C14H12Cl2N2O. The van der Waals surface area contributed by atoms with Crippen molar-refractivity contribution in [3.63, 3.8) is 0 Å². The molecule has 0 aliphatic carbocycles. The Morgan fingerprint density at radius 3 is 2.32 bits per heavy atom. The molecule has 0 unspecified atom stereocenters. The van der Waals surface area contributed by atoms with E-state index >= 15 is 0 Å². The number of hydrogen-bond acceptors (Lipinski definition) is 1. The summed E-state index contributed by atoms with van der Waals surface area (Å²) in [7, 11) is 0. The molecule has 0 atom stereocenters. The fraction of sp³-hybridized carbons (Fsp3) is 0.0714. The Balaban J connectivity index is 2.07. The topological polar surface area (TPSA) is 41.1 Å². The molecule has 0 radical (unpaired) electrons. The molecule has 0 spiro atoms. The molecule has 0 saturated carbocycles. The molecule has 3 nitrogen and oxygen atoms in total. The molecule has 0 heterocycles. The second kappa shape index (κ2) is 5.95. The molecule has 2 N–H and O–H groups in total. The molecule has 0 saturated heterocycles. The summed E-state index contributed by atoms with van der Waals surface area (Å²) in [5.41, 5.74) is 2.17. The Morgan fingerprint density at radius 1 is 1.00 bits per heavy atom. The van der Waals surface area contributed by atoms with Crippen LogP contribution in [-0.4, -0.2) is 6.03 Å². The average molecular weight is 295 g/mol. The van der Waals surface area contributed by atoms with Crippen LogP contribution in [0.2, 0.25) is 10.0 Å². The highest BCUT2D eigenvalue weighted by Gasteiger charge is 2.08. The molecule has 0 fully saturated rings. The SMILES string of the molecule is Cc1cccc(Cl)c1NC(=O)Nc1ccc(Cl)cc1. The number of aryl methyl sites for hydroxylation is 1. The van der Waals surface area contributed by atoms with Crippen LogP contribution in [0.5, 0.6) is 0 Å². The highest BCUT2D eigenvalue weighted by molar-refractivity contribution is 6.34. The van der Waals surface area contributed by atoms with Crippen LogP contribution in [0.15, 0.2) is 42.5 Å². The van der Waals surface area contributed by atoms with Crippen LogP contribution >= 0.6 is 23.2 Å². The van der Waals surface area contributed by atoms with E-state index in [-0.39, 0.29) is 6.03 Å². The summed E-state index contributed by atoms with van der Waals surface area (Å²) < 4.78 is 0. The first-order chi connectivity index (χ1) is 9.06. The zero-order chi connectivity index (χ0) is 13.8. The van der Waals surface area contributed by atoms with E-state index in [1.807, 2.05) is 19.1 Å². The number of anilines is 2. The van der Waals surface area contributed by atoms with Crippen LogP contribution in [0.25, 0.3) is 0 Å². The zero-order valence-electron chi connectivity index (χ0n) is 10.2. The van der Waals surface area contributed by atoms with Crippen molar-refractivity contribution in [3.8, 4) is 0 Å². The summed E-state index contributed by atoms with van der Waals surface area (Å²) in [6.07, 6.45) is 0. The molecule has 0 aliphatic rings. The summed E-state index contributed by atoms with van der Waals surface area (Å²) in [5.74, 6) is 0. The van der Waals surface area contributed by atoms with Gasteiger partial charge in [-0.25, -0.2) is 4.79 Å². The largest absolute Gasteiger partial charge is 0.323 e. The first-order valence-corrected chi connectivity index (χ1v) is 6.40. The monoisotopic (exact) mass is 294 g/mol. The number of urea groups is 1. The van der Waals surface area contributed by atoms with Crippen LogP contribution in [0.3, 0.4) is 0 Å². The lowest BCUT2D eigenvalue weighted by molar-refractivity contribution is 0.262. The Bertz CT molecular complexity index is 577. The second-order valence-corrected chi connectivity index (χ2v) is 4.86. The van der Waals surface area contributed by atoms with E-state index in [1.54, 1.807) is 30.3 Å². The Hall–Kier alpha value is -1.71. The first kappa shape index (κ1) is 13.7. The maximum absolute atomic E-state index is 11.9. The minimum Gasteiger partial charge on any atom is -0.308 e. The van der Waals surface area contributed by atoms with Gasteiger partial charge in [0.1, 0.15) is 0 Å². The molecule has 2 aromatic carbocycles. The number of amides is 2. The van der Waals surface area contributed by atoms with Gasteiger partial charge in [0.05, 0.1) is 10.7 Å². The molecular weight excluding hydrogens is 283 g/mol. The number of rotatable bonds is 2. The van der Waals surface area contributed by atoms with Gasteiger partial charge in [0.25, 0.3) is 0 Å². The number of hydrogen-bond donors (Lipinski definition) is 2. The predicted molar refractivity (Wildman–Crippen MR) is 80.3 cm³/mol. The summed E-state index contributed by atoms with van der Waals surface area (Å²) in [6, 6.07) is 12.0. The average Bonchev–Trinajstić information content (AvgIpc) is 2.37. The minimum atomic E-state index is -0.349. The van der Waals surface area contributed by atoms with Crippen LogP contribution in [-0.2, 0) is 0 Å². The van der Waals surface area contributed by atoms with Crippen molar-refractivity contribution in [3.05, 3.63) is 58.1 Å². The number of halogens is 2. The maximum atomic E-state index is 11.9. The van der Waals surface area contributed by atoms with Crippen molar-refractivity contribution in [2.45, 2.75) is 6.92 Å². The normalized spacial score (nSPS) is 10.1. The van der Waals surface area contributed by atoms with E-state index in [4.69, 9.17) is 23.2 Å². The van der Waals surface area contributed by atoms with Gasteiger partial charge in [0, 0.05) is 10.7 Å². The number of para-hydroxylation sites is 1. The number of nitrogens with one attached hydrogen (secondary N) is 2. The minimum absolute atomic E-state index is 0.349. The first-order valence-electron chi connectivity index (χ1n) is 5.65. The van der Waals surface area contributed by atoms with Gasteiger partial charge in [-0.3, -0.25) is 0 Å². The van der Waals surface area contributed by atoms with E-state index in [9.17, 15) is 4.79 Å². The van der Waals surface area contributed by atoms with E-state index in [1.165, 1.54) is 0 Å². The summed E-state index contributed by atoms with van der Waals surface area (Å²) >= 11 is 11.8. The van der Waals surface area contributed by atoms with Crippen molar-refractivity contribution in [1.82, 2.24) is 0 Å². The number of carbonyl (C=O) groups excluding carboxylic acids is 1. The lowest BCUT2D eigenvalue weighted by Gasteiger charge is -2.11. The van der Waals surface area contributed by atoms with Crippen LogP contribution < -0.4 is 10.6 Å². The van der Waals surface area contributed by atoms with Gasteiger partial charge in [-0.1, -0.05) is 35.3 Å². The lowest BCUT2D eigenvalue weighted by Crippen LogP contribution is -2.20. The molecule has 2 rings (SSSR count). The molecule has 0 aromatic heterocycles. The van der Waals surface area contributed by atoms with Crippen molar-refractivity contribution in [1.29, 1.82) is 0 Å². The Morgan fingerprint density at radius 2 is 1.68 bits per heavy atom.